The Kier molecular flexibility index (Phi) is 6.67. The highest BCUT2D eigenvalue weighted by Gasteiger charge is 2.11. The SMILES string of the molecule is CCCSc1nnc(NC(=O)c2ccc(Oc3ccc(OC)cc3)cc2)s1. The molecule has 0 aliphatic rings. The molecular weight excluding hydrogens is 382 g/mol. The molecule has 8 heteroatoms. The van der Waals surface area contributed by atoms with E-state index in [9.17, 15) is 4.79 Å². The van der Waals surface area contributed by atoms with Gasteiger partial charge >= 0.3 is 0 Å². The zero-order valence-electron chi connectivity index (χ0n) is 15.0. The average molecular weight is 402 g/mol. The lowest BCUT2D eigenvalue weighted by atomic mass is 10.2. The molecule has 1 amide bonds. The number of nitrogens with zero attached hydrogens (tertiary/aromatic N) is 2. The molecule has 0 saturated heterocycles. The molecule has 3 aromatic rings. The third-order valence-electron chi connectivity index (χ3n) is 3.47. The lowest BCUT2D eigenvalue weighted by Crippen LogP contribution is -2.11. The minimum absolute atomic E-state index is 0.228. The van der Waals surface area contributed by atoms with Crippen LogP contribution in [0.3, 0.4) is 0 Å². The van der Waals surface area contributed by atoms with Gasteiger partial charge in [-0.2, -0.15) is 0 Å². The predicted molar refractivity (Wildman–Crippen MR) is 108 cm³/mol. The van der Waals surface area contributed by atoms with Crippen molar-refractivity contribution in [1.29, 1.82) is 0 Å². The first-order chi connectivity index (χ1) is 13.2. The quantitative estimate of drug-likeness (QED) is 0.418. The van der Waals surface area contributed by atoms with Crippen LogP contribution in [0.15, 0.2) is 52.9 Å². The largest absolute Gasteiger partial charge is 0.497 e. The van der Waals surface area contributed by atoms with Crippen LogP contribution in [0.1, 0.15) is 23.7 Å². The first-order valence-corrected chi connectivity index (χ1v) is 10.2. The molecule has 27 heavy (non-hydrogen) atoms. The summed E-state index contributed by atoms with van der Waals surface area (Å²) in [6.07, 6.45) is 1.07. The fraction of sp³-hybridized carbons (Fsp3) is 0.211. The maximum absolute atomic E-state index is 12.3. The van der Waals surface area contributed by atoms with Crippen molar-refractivity contribution in [1.82, 2.24) is 10.2 Å². The zero-order chi connectivity index (χ0) is 19.1. The Balaban J connectivity index is 1.58. The van der Waals surface area contributed by atoms with Crippen molar-refractivity contribution in [2.24, 2.45) is 0 Å². The lowest BCUT2D eigenvalue weighted by Gasteiger charge is -2.07. The molecule has 0 spiro atoms. The van der Waals surface area contributed by atoms with Crippen LogP contribution in [0.5, 0.6) is 17.2 Å². The van der Waals surface area contributed by atoms with Crippen LogP contribution in [-0.4, -0.2) is 29.0 Å². The zero-order valence-corrected chi connectivity index (χ0v) is 16.6. The lowest BCUT2D eigenvalue weighted by molar-refractivity contribution is 0.102. The fourth-order valence-corrected chi connectivity index (χ4v) is 3.80. The molecule has 6 nitrogen and oxygen atoms in total. The Morgan fingerprint density at radius 1 is 1.04 bits per heavy atom. The van der Waals surface area contributed by atoms with Gasteiger partial charge in [-0.15, -0.1) is 10.2 Å². The van der Waals surface area contributed by atoms with E-state index in [-0.39, 0.29) is 5.91 Å². The van der Waals surface area contributed by atoms with E-state index in [2.05, 4.69) is 22.4 Å². The number of benzene rings is 2. The van der Waals surface area contributed by atoms with Crippen LogP contribution < -0.4 is 14.8 Å². The van der Waals surface area contributed by atoms with Crippen molar-refractivity contribution in [3.05, 3.63) is 54.1 Å². The summed E-state index contributed by atoms with van der Waals surface area (Å²) in [6, 6.07) is 14.2. The smallest absolute Gasteiger partial charge is 0.257 e. The second kappa shape index (κ2) is 9.38. The standard InChI is InChI=1S/C19H19N3O3S2/c1-3-12-26-19-22-21-18(27-19)20-17(23)13-4-6-15(7-5-13)25-16-10-8-14(24-2)9-11-16/h4-11H,3,12H2,1-2H3,(H,20,21,23). The number of methoxy groups -OCH3 is 1. The van der Waals surface area contributed by atoms with Gasteiger partial charge in [0.15, 0.2) is 4.34 Å². The molecule has 0 saturated carbocycles. The second-order valence-electron chi connectivity index (χ2n) is 5.48. The maximum atomic E-state index is 12.3. The molecular formula is C19H19N3O3S2. The van der Waals surface area contributed by atoms with Crippen molar-refractivity contribution < 1.29 is 14.3 Å². The summed E-state index contributed by atoms with van der Waals surface area (Å²) in [6.45, 7) is 2.11. The number of hydrogen-bond acceptors (Lipinski definition) is 7. The van der Waals surface area contributed by atoms with E-state index in [1.165, 1.54) is 11.3 Å². The molecule has 0 radical (unpaired) electrons. The number of carbonyl (C=O) groups is 1. The molecule has 0 aliphatic carbocycles. The van der Waals surface area contributed by atoms with Crippen LogP contribution >= 0.6 is 23.1 Å². The molecule has 0 aliphatic heterocycles. The molecule has 0 bridgehead atoms. The number of anilines is 1. The molecule has 3 rings (SSSR count). The van der Waals surface area contributed by atoms with Gasteiger partial charge in [0.1, 0.15) is 17.2 Å². The van der Waals surface area contributed by atoms with E-state index in [1.54, 1.807) is 43.1 Å². The summed E-state index contributed by atoms with van der Waals surface area (Å²) in [5.41, 5.74) is 0.523. The Labute approximate surface area is 165 Å². The highest BCUT2D eigenvalue weighted by atomic mass is 32.2. The summed E-state index contributed by atoms with van der Waals surface area (Å²) >= 11 is 3.02. The first kappa shape index (κ1) is 19.2. The number of aromatic nitrogens is 2. The minimum atomic E-state index is -0.228. The molecule has 2 aromatic carbocycles. The Morgan fingerprint density at radius 3 is 2.30 bits per heavy atom. The fourth-order valence-electron chi connectivity index (χ4n) is 2.13. The van der Waals surface area contributed by atoms with E-state index in [0.29, 0.717) is 22.2 Å². The number of nitrogens with one attached hydrogen (secondary N) is 1. The van der Waals surface area contributed by atoms with Crippen molar-refractivity contribution >= 4 is 34.1 Å². The minimum Gasteiger partial charge on any atom is -0.497 e. The van der Waals surface area contributed by atoms with E-state index in [4.69, 9.17) is 9.47 Å². The number of rotatable bonds is 8. The van der Waals surface area contributed by atoms with Crippen molar-refractivity contribution in [2.75, 3.05) is 18.2 Å². The maximum Gasteiger partial charge on any atom is 0.257 e. The van der Waals surface area contributed by atoms with E-state index in [1.807, 2.05) is 24.3 Å². The summed E-state index contributed by atoms with van der Waals surface area (Å²) in [5, 5.41) is 11.3. The van der Waals surface area contributed by atoms with Crippen LogP contribution in [0.25, 0.3) is 0 Å². The predicted octanol–water partition coefficient (Wildman–Crippen LogP) is 5.09. The molecule has 140 valence electrons. The highest BCUT2D eigenvalue weighted by Crippen LogP contribution is 2.27. The summed E-state index contributed by atoms with van der Waals surface area (Å²) in [5.74, 6) is 2.86. The van der Waals surface area contributed by atoms with Crippen molar-refractivity contribution in [3.63, 3.8) is 0 Å². The van der Waals surface area contributed by atoms with Gasteiger partial charge in [0, 0.05) is 11.3 Å². The Morgan fingerprint density at radius 2 is 1.67 bits per heavy atom. The van der Waals surface area contributed by atoms with E-state index in [0.717, 1.165) is 22.3 Å². The molecule has 0 atom stereocenters. The van der Waals surface area contributed by atoms with Gasteiger partial charge in [0.2, 0.25) is 5.13 Å². The molecule has 0 fully saturated rings. The number of amides is 1. The van der Waals surface area contributed by atoms with Crippen LogP contribution in [0.4, 0.5) is 5.13 Å². The third kappa shape index (κ3) is 5.45. The topological polar surface area (TPSA) is 73.3 Å². The number of hydrogen-bond donors (Lipinski definition) is 1. The van der Waals surface area contributed by atoms with Gasteiger partial charge in [-0.05, 0) is 55.0 Å². The Hall–Kier alpha value is -2.58. The van der Waals surface area contributed by atoms with E-state index < -0.39 is 0 Å². The second-order valence-corrected chi connectivity index (χ2v) is 7.80. The van der Waals surface area contributed by atoms with Gasteiger partial charge in [-0.3, -0.25) is 10.1 Å². The third-order valence-corrected chi connectivity index (χ3v) is 5.65. The number of ether oxygens (including phenoxy) is 2. The first-order valence-electron chi connectivity index (χ1n) is 8.37. The van der Waals surface area contributed by atoms with Gasteiger partial charge < -0.3 is 9.47 Å². The van der Waals surface area contributed by atoms with Crippen LogP contribution in [-0.2, 0) is 0 Å². The van der Waals surface area contributed by atoms with Crippen molar-refractivity contribution in [3.8, 4) is 17.2 Å². The van der Waals surface area contributed by atoms with Crippen LogP contribution in [0, 0.1) is 0 Å². The molecule has 0 unspecified atom stereocenters. The van der Waals surface area contributed by atoms with Gasteiger partial charge in [0.25, 0.3) is 5.91 Å². The Bertz CT molecular complexity index is 880. The van der Waals surface area contributed by atoms with E-state index >= 15 is 0 Å². The normalized spacial score (nSPS) is 10.4. The summed E-state index contributed by atoms with van der Waals surface area (Å²) in [7, 11) is 1.62. The monoisotopic (exact) mass is 401 g/mol. The number of thioether (sulfide) groups is 1. The average Bonchev–Trinajstić information content (AvgIpc) is 3.14. The van der Waals surface area contributed by atoms with Crippen molar-refractivity contribution in [2.45, 2.75) is 17.7 Å². The van der Waals surface area contributed by atoms with Gasteiger partial charge in [0.05, 0.1) is 7.11 Å². The van der Waals surface area contributed by atoms with Crippen LogP contribution in [0.2, 0.25) is 0 Å². The number of carbonyl (C=O) groups excluding carboxylic acids is 1. The van der Waals surface area contributed by atoms with Gasteiger partial charge in [-0.25, -0.2) is 0 Å². The molecule has 1 aromatic heterocycles. The van der Waals surface area contributed by atoms with Gasteiger partial charge in [-0.1, -0.05) is 30.0 Å². The summed E-state index contributed by atoms with van der Waals surface area (Å²) in [4.78, 5) is 12.3. The summed E-state index contributed by atoms with van der Waals surface area (Å²) < 4.78 is 11.7. The highest BCUT2D eigenvalue weighted by molar-refractivity contribution is 8.01. The molecule has 1 heterocycles. The molecule has 1 N–H and O–H groups in total.